The van der Waals surface area contributed by atoms with Gasteiger partial charge in [-0.2, -0.15) is 22.5 Å². The number of aromatic nitrogens is 2. The number of halogens is 3. The molecular weight excluding hydrogens is 271 g/mol. The van der Waals surface area contributed by atoms with E-state index in [0.29, 0.717) is 24.4 Å². The number of hydrogen-bond donors (Lipinski definition) is 2. The molecule has 2 rings (SSSR count). The number of aliphatic carboxylic acids is 1. The average Bonchev–Trinajstić information content (AvgIpc) is 2.85. The Labute approximate surface area is 104 Å². The number of hydrogen-bond acceptors (Lipinski definition) is 5. The van der Waals surface area contributed by atoms with Crippen LogP contribution in [0, 0.1) is 5.92 Å². The lowest BCUT2D eigenvalue weighted by Crippen LogP contribution is -2.29. The first-order chi connectivity index (χ1) is 8.38. The van der Waals surface area contributed by atoms with E-state index in [1.165, 1.54) is 0 Å². The summed E-state index contributed by atoms with van der Waals surface area (Å²) in [5.74, 6) is -2.71. The van der Waals surface area contributed by atoms with Gasteiger partial charge in [0, 0.05) is 17.6 Å². The molecule has 9 heteroatoms. The molecule has 1 aromatic rings. The number of alkyl halides is 3. The van der Waals surface area contributed by atoms with Gasteiger partial charge in [0.25, 0.3) is 0 Å². The summed E-state index contributed by atoms with van der Waals surface area (Å²) in [6.07, 6.45) is -2.70. The lowest BCUT2D eigenvalue weighted by molar-refractivity contribution is -0.144. The van der Waals surface area contributed by atoms with Crippen LogP contribution in [0.2, 0.25) is 0 Å². The largest absolute Gasteiger partial charge is 0.481 e. The third-order valence-corrected chi connectivity index (χ3v) is 3.47. The van der Waals surface area contributed by atoms with E-state index >= 15 is 0 Å². The highest BCUT2D eigenvalue weighted by Crippen LogP contribution is 2.32. The summed E-state index contributed by atoms with van der Waals surface area (Å²) in [6.45, 7) is 0. The van der Waals surface area contributed by atoms with Crippen molar-refractivity contribution < 1.29 is 23.1 Å². The zero-order valence-corrected chi connectivity index (χ0v) is 9.88. The number of rotatable bonds is 3. The van der Waals surface area contributed by atoms with Crippen molar-refractivity contribution in [3.05, 3.63) is 5.82 Å². The first-order valence-corrected chi connectivity index (χ1v) is 6.05. The molecule has 1 aromatic heterocycles. The fourth-order valence-electron chi connectivity index (χ4n) is 1.98. The number of nitrogens with one attached hydrogen (secondary N) is 1. The van der Waals surface area contributed by atoms with Crippen LogP contribution in [0.15, 0.2) is 0 Å². The predicted molar refractivity (Wildman–Crippen MR) is 57.3 cm³/mol. The number of carboxylic acid groups (broad SMARTS) is 1. The van der Waals surface area contributed by atoms with Crippen molar-refractivity contribution in [3.8, 4) is 0 Å². The molecule has 2 N–H and O–H groups in total. The van der Waals surface area contributed by atoms with Crippen LogP contribution < -0.4 is 5.32 Å². The molecule has 0 saturated heterocycles. The van der Waals surface area contributed by atoms with Crippen molar-refractivity contribution in [1.82, 2.24) is 9.36 Å². The Morgan fingerprint density at radius 1 is 1.44 bits per heavy atom. The topological polar surface area (TPSA) is 75.1 Å². The maximum absolute atomic E-state index is 12.3. The number of anilines is 1. The molecule has 0 spiro atoms. The summed E-state index contributed by atoms with van der Waals surface area (Å²) in [5.41, 5.74) is 0. The van der Waals surface area contributed by atoms with Crippen molar-refractivity contribution >= 4 is 22.6 Å². The van der Waals surface area contributed by atoms with Crippen LogP contribution in [0.3, 0.4) is 0 Å². The van der Waals surface area contributed by atoms with Gasteiger partial charge in [-0.1, -0.05) is 6.42 Å². The van der Waals surface area contributed by atoms with E-state index in [4.69, 9.17) is 5.11 Å². The van der Waals surface area contributed by atoms with Crippen molar-refractivity contribution in [3.63, 3.8) is 0 Å². The highest BCUT2D eigenvalue weighted by Gasteiger charge is 2.37. The van der Waals surface area contributed by atoms with Crippen LogP contribution in [0.4, 0.5) is 18.3 Å². The van der Waals surface area contributed by atoms with E-state index in [1.807, 2.05) is 0 Å². The quantitative estimate of drug-likeness (QED) is 0.888. The van der Waals surface area contributed by atoms with Gasteiger partial charge in [0.05, 0.1) is 5.92 Å². The summed E-state index contributed by atoms with van der Waals surface area (Å²) >= 11 is 0.592. The SMILES string of the molecule is O=C(O)C1CCCC1Nc1nc(C(F)(F)F)ns1. The molecule has 2 atom stereocenters. The molecule has 1 saturated carbocycles. The summed E-state index contributed by atoms with van der Waals surface area (Å²) in [6, 6.07) is -0.378. The van der Waals surface area contributed by atoms with Crippen LogP contribution in [-0.4, -0.2) is 26.5 Å². The fourth-order valence-corrected chi connectivity index (χ4v) is 2.63. The Morgan fingerprint density at radius 3 is 2.72 bits per heavy atom. The van der Waals surface area contributed by atoms with E-state index in [9.17, 15) is 18.0 Å². The highest BCUT2D eigenvalue weighted by atomic mass is 32.1. The van der Waals surface area contributed by atoms with Gasteiger partial charge in [-0.25, -0.2) is 0 Å². The van der Waals surface area contributed by atoms with Crippen molar-refractivity contribution in [2.45, 2.75) is 31.5 Å². The van der Waals surface area contributed by atoms with Gasteiger partial charge in [-0.05, 0) is 12.8 Å². The van der Waals surface area contributed by atoms with Gasteiger partial charge in [0.1, 0.15) is 0 Å². The Morgan fingerprint density at radius 2 is 2.17 bits per heavy atom. The van der Waals surface area contributed by atoms with E-state index in [1.54, 1.807) is 0 Å². The molecule has 5 nitrogen and oxygen atoms in total. The van der Waals surface area contributed by atoms with Crippen LogP contribution in [0.5, 0.6) is 0 Å². The second kappa shape index (κ2) is 4.71. The maximum Gasteiger partial charge on any atom is 0.452 e. The number of nitrogens with zero attached hydrogens (tertiary/aromatic N) is 2. The molecular formula is C9H10F3N3O2S. The molecule has 2 unspecified atom stereocenters. The Balaban J connectivity index is 2.05. The molecule has 0 aromatic carbocycles. The molecule has 0 bridgehead atoms. The minimum Gasteiger partial charge on any atom is -0.481 e. The molecule has 100 valence electrons. The second-order valence-corrected chi connectivity index (χ2v) is 4.80. The van der Waals surface area contributed by atoms with Gasteiger partial charge >= 0.3 is 12.1 Å². The first kappa shape index (κ1) is 13.1. The molecule has 0 amide bonds. The van der Waals surface area contributed by atoms with Gasteiger partial charge in [0.2, 0.25) is 11.0 Å². The van der Waals surface area contributed by atoms with Crippen LogP contribution in [-0.2, 0) is 11.0 Å². The monoisotopic (exact) mass is 281 g/mol. The van der Waals surface area contributed by atoms with Crippen molar-refractivity contribution in [2.75, 3.05) is 5.32 Å². The second-order valence-electron chi connectivity index (χ2n) is 4.05. The van der Waals surface area contributed by atoms with Crippen LogP contribution in [0.1, 0.15) is 25.1 Å². The number of carboxylic acids is 1. The van der Waals surface area contributed by atoms with Gasteiger partial charge < -0.3 is 10.4 Å². The Kier molecular flexibility index (Phi) is 3.42. The molecule has 1 heterocycles. The molecule has 0 radical (unpaired) electrons. The third kappa shape index (κ3) is 2.71. The van der Waals surface area contributed by atoms with E-state index < -0.39 is 23.9 Å². The Bertz CT molecular complexity index is 449. The normalized spacial score (nSPS) is 24.2. The lowest BCUT2D eigenvalue weighted by Gasteiger charge is -2.16. The molecule has 0 aliphatic heterocycles. The van der Waals surface area contributed by atoms with Crippen molar-refractivity contribution in [2.24, 2.45) is 5.92 Å². The highest BCUT2D eigenvalue weighted by molar-refractivity contribution is 7.09. The molecule has 1 aliphatic rings. The predicted octanol–water partition coefficient (Wildman–Crippen LogP) is 2.22. The fraction of sp³-hybridized carbons (Fsp3) is 0.667. The van der Waals surface area contributed by atoms with Gasteiger partial charge in [-0.15, -0.1) is 0 Å². The van der Waals surface area contributed by atoms with Gasteiger partial charge in [-0.3, -0.25) is 4.79 Å². The molecule has 18 heavy (non-hydrogen) atoms. The van der Waals surface area contributed by atoms with Crippen molar-refractivity contribution in [1.29, 1.82) is 0 Å². The van der Waals surface area contributed by atoms with E-state index in [-0.39, 0.29) is 11.2 Å². The Hall–Kier alpha value is -1.38. The maximum atomic E-state index is 12.3. The van der Waals surface area contributed by atoms with Crippen LogP contribution in [0.25, 0.3) is 0 Å². The first-order valence-electron chi connectivity index (χ1n) is 5.28. The minimum absolute atomic E-state index is 0.0143. The number of carbonyl (C=O) groups is 1. The summed E-state index contributed by atoms with van der Waals surface area (Å²) < 4.78 is 40.0. The molecule has 1 aliphatic carbocycles. The zero-order valence-electron chi connectivity index (χ0n) is 9.07. The summed E-state index contributed by atoms with van der Waals surface area (Å²) in [7, 11) is 0. The zero-order chi connectivity index (χ0) is 13.3. The van der Waals surface area contributed by atoms with E-state index in [0.717, 1.165) is 6.42 Å². The standard InChI is InChI=1S/C9H10F3N3O2S/c10-9(11,12)7-14-8(18-15-7)13-5-3-1-2-4(5)6(16)17/h4-5H,1-3H2,(H,16,17)(H,13,14,15). The van der Waals surface area contributed by atoms with Crippen LogP contribution >= 0.6 is 11.5 Å². The lowest BCUT2D eigenvalue weighted by atomic mass is 10.0. The molecule has 1 fully saturated rings. The summed E-state index contributed by atoms with van der Waals surface area (Å²) in [4.78, 5) is 14.2. The average molecular weight is 281 g/mol. The van der Waals surface area contributed by atoms with Gasteiger partial charge in [0.15, 0.2) is 0 Å². The minimum atomic E-state index is -4.57. The summed E-state index contributed by atoms with van der Waals surface area (Å²) in [5, 5.41) is 11.7. The third-order valence-electron chi connectivity index (χ3n) is 2.82. The smallest absolute Gasteiger partial charge is 0.452 e. The van der Waals surface area contributed by atoms with E-state index in [2.05, 4.69) is 14.7 Å².